The molecule has 0 radical (unpaired) electrons. The summed E-state index contributed by atoms with van der Waals surface area (Å²) in [6.07, 6.45) is 7.47. The summed E-state index contributed by atoms with van der Waals surface area (Å²) >= 11 is 1.74. The molecule has 1 aliphatic heterocycles. The topological polar surface area (TPSA) is 29.1 Å². The van der Waals surface area contributed by atoms with Crippen LogP contribution in [0.3, 0.4) is 0 Å². The summed E-state index contributed by atoms with van der Waals surface area (Å²) in [6, 6.07) is 0. The zero-order valence-electron chi connectivity index (χ0n) is 8.08. The smallest absolute Gasteiger partial charge is 0.233 e. The molecule has 0 aliphatic carbocycles. The number of nitrogens with one attached hydrogen (secondary N) is 1. The summed E-state index contributed by atoms with van der Waals surface area (Å²) in [7, 11) is 0. The predicted octanol–water partition coefficient (Wildman–Crippen LogP) is 1.96. The second kappa shape index (κ2) is 6.08. The third-order valence-corrected chi connectivity index (χ3v) is 3.35. The zero-order chi connectivity index (χ0) is 9.52. The van der Waals surface area contributed by atoms with E-state index in [1.165, 1.54) is 6.42 Å². The molecule has 0 aromatic heterocycles. The van der Waals surface area contributed by atoms with Crippen LogP contribution >= 0.6 is 11.8 Å². The summed E-state index contributed by atoms with van der Waals surface area (Å²) in [5.74, 6) is 1.18. The Kier molecular flexibility index (Phi) is 4.98. The van der Waals surface area contributed by atoms with E-state index < -0.39 is 0 Å². The first-order valence-electron chi connectivity index (χ1n) is 4.85. The highest BCUT2D eigenvalue weighted by molar-refractivity contribution is 8.00. The first-order valence-corrected chi connectivity index (χ1v) is 5.90. The largest absolute Gasteiger partial charge is 0.355 e. The number of carbonyl (C=O) groups excluding carboxylic acids is 1. The summed E-state index contributed by atoms with van der Waals surface area (Å²) in [5.41, 5.74) is 0. The van der Waals surface area contributed by atoms with Gasteiger partial charge in [-0.25, -0.2) is 0 Å². The van der Waals surface area contributed by atoms with Crippen LogP contribution in [0.1, 0.15) is 26.2 Å². The quantitative estimate of drug-likeness (QED) is 0.704. The average molecular weight is 199 g/mol. The molecule has 1 atom stereocenters. The van der Waals surface area contributed by atoms with Crippen molar-refractivity contribution >= 4 is 17.7 Å². The normalized spacial score (nSPS) is 24.4. The maximum Gasteiger partial charge on any atom is 0.233 e. The number of allylic oxidation sites excluding steroid dienone is 1. The van der Waals surface area contributed by atoms with Gasteiger partial charge in [-0.3, -0.25) is 4.79 Å². The molecule has 3 heteroatoms. The molecule has 2 nitrogen and oxygen atoms in total. The van der Waals surface area contributed by atoms with Gasteiger partial charge in [-0.05, 0) is 19.8 Å². The van der Waals surface area contributed by atoms with Gasteiger partial charge in [-0.1, -0.05) is 18.6 Å². The van der Waals surface area contributed by atoms with Crippen LogP contribution in [0.25, 0.3) is 0 Å². The van der Waals surface area contributed by atoms with E-state index in [0.29, 0.717) is 0 Å². The van der Waals surface area contributed by atoms with Crippen molar-refractivity contribution in [2.75, 3.05) is 12.3 Å². The molecule has 13 heavy (non-hydrogen) atoms. The van der Waals surface area contributed by atoms with Crippen molar-refractivity contribution in [3.8, 4) is 0 Å². The fourth-order valence-corrected chi connectivity index (χ4v) is 2.44. The Labute approximate surface area is 84.2 Å². The first kappa shape index (κ1) is 10.6. The summed E-state index contributed by atoms with van der Waals surface area (Å²) in [5, 5.41) is 3.12. The molecule has 0 aromatic carbocycles. The standard InChI is InChI=1S/C10H17NOS/c1-2-3-8-13-9-6-4-5-7-11-10(9)12/h2-3,9H,4-8H2,1H3,(H,11,12)/b3-2+. The number of carbonyl (C=O) groups is 1. The minimum atomic E-state index is 0.179. The molecule has 0 spiro atoms. The van der Waals surface area contributed by atoms with Gasteiger partial charge in [-0.2, -0.15) is 0 Å². The van der Waals surface area contributed by atoms with Gasteiger partial charge in [0.25, 0.3) is 0 Å². The number of thioether (sulfide) groups is 1. The van der Waals surface area contributed by atoms with E-state index in [4.69, 9.17) is 0 Å². The van der Waals surface area contributed by atoms with Crippen LogP contribution in [0.2, 0.25) is 0 Å². The lowest BCUT2D eigenvalue weighted by Gasteiger charge is -2.10. The lowest BCUT2D eigenvalue weighted by atomic mass is 10.2. The molecule has 1 heterocycles. The number of rotatable bonds is 3. The third kappa shape index (κ3) is 3.85. The Morgan fingerprint density at radius 3 is 3.23 bits per heavy atom. The van der Waals surface area contributed by atoms with Crippen LogP contribution in [0.4, 0.5) is 0 Å². The van der Waals surface area contributed by atoms with E-state index in [-0.39, 0.29) is 11.2 Å². The molecule has 1 N–H and O–H groups in total. The monoisotopic (exact) mass is 199 g/mol. The minimum absolute atomic E-state index is 0.179. The molecule has 74 valence electrons. The van der Waals surface area contributed by atoms with Crippen molar-refractivity contribution in [3.63, 3.8) is 0 Å². The van der Waals surface area contributed by atoms with E-state index in [1.54, 1.807) is 11.8 Å². The van der Waals surface area contributed by atoms with Crippen molar-refractivity contribution < 1.29 is 4.79 Å². The van der Waals surface area contributed by atoms with Gasteiger partial charge in [0.05, 0.1) is 5.25 Å². The molecular weight excluding hydrogens is 182 g/mol. The van der Waals surface area contributed by atoms with Gasteiger partial charge in [0.1, 0.15) is 0 Å². The van der Waals surface area contributed by atoms with Crippen molar-refractivity contribution in [1.82, 2.24) is 5.32 Å². The number of amides is 1. The fourth-order valence-electron chi connectivity index (χ4n) is 1.34. The Morgan fingerprint density at radius 2 is 2.46 bits per heavy atom. The van der Waals surface area contributed by atoms with Gasteiger partial charge in [0, 0.05) is 12.3 Å². The van der Waals surface area contributed by atoms with Crippen molar-refractivity contribution in [2.45, 2.75) is 31.4 Å². The first-order chi connectivity index (χ1) is 6.34. The van der Waals surface area contributed by atoms with Crippen LogP contribution < -0.4 is 5.32 Å². The Bertz CT molecular complexity index is 191. The Hall–Kier alpha value is -0.440. The zero-order valence-corrected chi connectivity index (χ0v) is 8.90. The second-order valence-corrected chi connectivity index (χ2v) is 4.41. The van der Waals surface area contributed by atoms with Crippen molar-refractivity contribution in [1.29, 1.82) is 0 Å². The highest BCUT2D eigenvalue weighted by Crippen LogP contribution is 2.19. The highest BCUT2D eigenvalue weighted by atomic mass is 32.2. The lowest BCUT2D eigenvalue weighted by Crippen LogP contribution is -2.30. The Balaban J connectivity index is 2.32. The van der Waals surface area contributed by atoms with E-state index in [2.05, 4.69) is 11.4 Å². The molecular formula is C10H17NOS. The van der Waals surface area contributed by atoms with E-state index in [0.717, 1.165) is 25.1 Å². The van der Waals surface area contributed by atoms with Gasteiger partial charge in [0.15, 0.2) is 0 Å². The van der Waals surface area contributed by atoms with E-state index >= 15 is 0 Å². The molecule has 1 unspecified atom stereocenters. The average Bonchev–Trinajstić information content (AvgIpc) is 2.32. The second-order valence-electron chi connectivity index (χ2n) is 3.18. The third-order valence-electron chi connectivity index (χ3n) is 2.11. The predicted molar refractivity (Wildman–Crippen MR) is 57.9 cm³/mol. The highest BCUT2D eigenvalue weighted by Gasteiger charge is 2.19. The van der Waals surface area contributed by atoms with Crippen LogP contribution in [-0.4, -0.2) is 23.5 Å². The van der Waals surface area contributed by atoms with Crippen molar-refractivity contribution in [3.05, 3.63) is 12.2 Å². The van der Waals surface area contributed by atoms with E-state index in [9.17, 15) is 4.79 Å². The molecule has 1 amide bonds. The molecule has 0 bridgehead atoms. The van der Waals surface area contributed by atoms with Crippen LogP contribution in [0.5, 0.6) is 0 Å². The summed E-state index contributed by atoms with van der Waals surface area (Å²) in [4.78, 5) is 11.5. The van der Waals surface area contributed by atoms with E-state index in [1.807, 2.05) is 13.0 Å². The van der Waals surface area contributed by atoms with Crippen LogP contribution in [0, 0.1) is 0 Å². The lowest BCUT2D eigenvalue weighted by molar-refractivity contribution is -0.120. The van der Waals surface area contributed by atoms with Gasteiger partial charge in [0.2, 0.25) is 5.91 Å². The van der Waals surface area contributed by atoms with Gasteiger partial charge < -0.3 is 5.32 Å². The van der Waals surface area contributed by atoms with Crippen LogP contribution in [0.15, 0.2) is 12.2 Å². The molecule has 0 saturated carbocycles. The fraction of sp³-hybridized carbons (Fsp3) is 0.700. The molecule has 1 fully saturated rings. The van der Waals surface area contributed by atoms with Crippen LogP contribution in [-0.2, 0) is 4.79 Å². The molecule has 1 rings (SSSR count). The van der Waals surface area contributed by atoms with Gasteiger partial charge >= 0.3 is 0 Å². The summed E-state index contributed by atoms with van der Waals surface area (Å²) in [6.45, 7) is 2.87. The Morgan fingerprint density at radius 1 is 1.62 bits per heavy atom. The SMILES string of the molecule is C/C=C/CSC1CCCCNC1=O. The van der Waals surface area contributed by atoms with Crippen molar-refractivity contribution in [2.24, 2.45) is 0 Å². The summed E-state index contributed by atoms with van der Waals surface area (Å²) < 4.78 is 0. The molecule has 1 aliphatic rings. The number of hydrogen-bond donors (Lipinski definition) is 1. The minimum Gasteiger partial charge on any atom is -0.355 e. The number of hydrogen-bond acceptors (Lipinski definition) is 2. The molecule has 1 saturated heterocycles. The molecule has 0 aromatic rings. The van der Waals surface area contributed by atoms with Gasteiger partial charge in [-0.15, -0.1) is 11.8 Å². The maximum atomic E-state index is 11.5. The maximum absolute atomic E-state index is 11.5.